The second-order valence-electron chi connectivity index (χ2n) is 5.02. The van der Waals surface area contributed by atoms with Crippen LogP contribution in [0.1, 0.15) is 10.4 Å². The number of carbonyl (C=O) groups excluding carboxylic acids is 1. The lowest BCUT2D eigenvalue weighted by Gasteiger charge is -2.06. The van der Waals surface area contributed by atoms with Gasteiger partial charge in [-0.2, -0.15) is 4.99 Å². The molecule has 1 heterocycles. The van der Waals surface area contributed by atoms with Crippen LogP contribution in [0.25, 0.3) is 10.2 Å². The van der Waals surface area contributed by atoms with Crippen LogP contribution in [0.3, 0.4) is 0 Å². The molecule has 0 spiro atoms. The molecular formula is C17H15BrN2O3S. The number of rotatable bonds is 3. The average Bonchev–Trinajstić information content (AvgIpc) is 2.91. The highest BCUT2D eigenvalue weighted by atomic mass is 79.9. The number of aromatic nitrogens is 1. The molecular weight excluding hydrogens is 392 g/mol. The van der Waals surface area contributed by atoms with Gasteiger partial charge in [0.2, 0.25) is 0 Å². The van der Waals surface area contributed by atoms with Gasteiger partial charge in [-0.15, -0.1) is 0 Å². The van der Waals surface area contributed by atoms with Crippen LogP contribution < -0.4 is 14.3 Å². The van der Waals surface area contributed by atoms with E-state index < -0.39 is 0 Å². The van der Waals surface area contributed by atoms with Crippen molar-refractivity contribution in [2.24, 2.45) is 12.0 Å². The number of hydrogen-bond donors (Lipinski definition) is 0. The minimum absolute atomic E-state index is 0.295. The largest absolute Gasteiger partial charge is 0.495 e. The van der Waals surface area contributed by atoms with Crippen LogP contribution in [0.4, 0.5) is 0 Å². The van der Waals surface area contributed by atoms with Crippen LogP contribution in [0.5, 0.6) is 11.5 Å². The predicted octanol–water partition coefficient (Wildman–Crippen LogP) is 3.76. The lowest BCUT2D eigenvalue weighted by atomic mass is 10.2. The quantitative estimate of drug-likeness (QED) is 0.665. The number of halogens is 1. The van der Waals surface area contributed by atoms with E-state index in [2.05, 4.69) is 20.9 Å². The zero-order valence-corrected chi connectivity index (χ0v) is 15.8. The smallest absolute Gasteiger partial charge is 0.279 e. The Hall–Kier alpha value is -2.12. The third-order valence-electron chi connectivity index (χ3n) is 3.58. The van der Waals surface area contributed by atoms with E-state index in [-0.39, 0.29) is 5.91 Å². The maximum atomic E-state index is 12.4. The van der Waals surface area contributed by atoms with Gasteiger partial charge in [0.25, 0.3) is 5.91 Å². The minimum Gasteiger partial charge on any atom is -0.495 e. The molecule has 0 fully saturated rings. The van der Waals surface area contributed by atoms with Gasteiger partial charge in [-0.1, -0.05) is 33.3 Å². The highest BCUT2D eigenvalue weighted by molar-refractivity contribution is 9.10. The van der Waals surface area contributed by atoms with E-state index in [1.54, 1.807) is 26.4 Å². The first-order valence-corrected chi connectivity index (χ1v) is 8.71. The minimum atomic E-state index is -0.295. The van der Waals surface area contributed by atoms with Crippen LogP contribution in [-0.4, -0.2) is 24.7 Å². The summed E-state index contributed by atoms with van der Waals surface area (Å²) in [6.07, 6.45) is 0. The zero-order valence-electron chi connectivity index (χ0n) is 13.4. The van der Waals surface area contributed by atoms with Crippen molar-refractivity contribution in [1.29, 1.82) is 0 Å². The number of nitrogens with zero attached hydrogens (tertiary/aromatic N) is 2. The highest BCUT2D eigenvalue weighted by Gasteiger charge is 2.14. The number of thiazole rings is 1. The Labute approximate surface area is 151 Å². The first kappa shape index (κ1) is 16.7. The van der Waals surface area contributed by atoms with E-state index in [4.69, 9.17) is 9.47 Å². The third-order valence-corrected chi connectivity index (χ3v) is 5.22. The summed E-state index contributed by atoms with van der Waals surface area (Å²) >= 11 is 4.76. The molecule has 0 unspecified atom stereocenters. The second-order valence-corrected chi connectivity index (χ2v) is 6.91. The van der Waals surface area contributed by atoms with Crippen molar-refractivity contribution < 1.29 is 14.3 Å². The molecule has 3 rings (SSSR count). The van der Waals surface area contributed by atoms with Crippen LogP contribution in [0.2, 0.25) is 0 Å². The summed E-state index contributed by atoms with van der Waals surface area (Å²) in [5.74, 6) is 1.14. The van der Waals surface area contributed by atoms with E-state index in [0.29, 0.717) is 16.1 Å². The fraction of sp³-hybridized carbons (Fsp3) is 0.176. The zero-order chi connectivity index (χ0) is 17.3. The Balaban J connectivity index is 2.20. The molecule has 124 valence electrons. The number of benzene rings is 2. The van der Waals surface area contributed by atoms with Crippen molar-refractivity contribution in [3.05, 3.63) is 51.2 Å². The molecule has 5 nitrogen and oxygen atoms in total. The fourth-order valence-electron chi connectivity index (χ4n) is 2.40. The van der Waals surface area contributed by atoms with E-state index in [1.165, 1.54) is 11.3 Å². The van der Waals surface area contributed by atoms with Gasteiger partial charge in [-0.05, 0) is 30.3 Å². The number of fused-ring (bicyclic) bond motifs is 1. The molecule has 1 aromatic heterocycles. The molecule has 24 heavy (non-hydrogen) atoms. The van der Waals surface area contributed by atoms with Crippen LogP contribution in [0, 0.1) is 0 Å². The maximum absolute atomic E-state index is 12.4. The standard InChI is InChI=1S/C17H15BrN2O3S/c1-20-14-12(22-2)7-8-13(23-3)15(14)24-17(20)19-16(21)10-5-4-6-11(18)9-10/h4-9H,1-3H3. The van der Waals surface area contributed by atoms with Gasteiger partial charge in [-0.25, -0.2) is 0 Å². The van der Waals surface area contributed by atoms with E-state index in [1.807, 2.05) is 35.9 Å². The molecule has 0 radical (unpaired) electrons. The summed E-state index contributed by atoms with van der Waals surface area (Å²) in [6.45, 7) is 0. The third kappa shape index (κ3) is 2.97. The number of carbonyl (C=O) groups is 1. The van der Waals surface area contributed by atoms with Crippen molar-refractivity contribution in [2.45, 2.75) is 0 Å². The Morgan fingerprint density at radius 1 is 1.17 bits per heavy atom. The molecule has 0 saturated heterocycles. The van der Waals surface area contributed by atoms with Crippen LogP contribution in [0.15, 0.2) is 45.9 Å². The number of methoxy groups -OCH3 is 2. The lowest BCUT2D eigenvalue weighted by Crippen LogP contribution is -2.13. The summed E-state index contributed by atoms with van der Waals surface area (Å²) in [5.41, 5.74) is 1.38. The number of aryl methyl sites for hydroxylation is 1. The molecule has 7 heteroatoms. The van der Waals surface area contributed by atoms with Crippen molar-refractivity contribution in [3.63, 3.8) is 0 Å². The lowest BCUT2D eigenvalue weighted by molar-refractivity contribution is 0.0998. The van der Waals surface area contributed by atoms with E-state index >= 15 is 0 Å². The molecule has 2 aromatic carbocycles. The summed E-state index contributed by atoms with van der Waals surface area (Å²) in [5, 5.41) is 0. The van der Waals surface area contributed by atoms with Crippen molar-refractivity contribution in [2.75, 3.05) is 14.2 Å². The van der Waals surface area contributed by atoms with Gasteiger partial charge in [0.15, 0.2) is 4.80 Å². The summed E-state index contributed by atoms with van der Waals surface area (Å²) < 4.78 is 14.4. The number of amides is 1. The number of ether oxygens (including phenoxy) is 2. The summed E-state index contributed by atoms with van der Waals surface area (Å²) in [6, 6.07) is 10.9. The van der Waals surface area contributed by atoms with Gasteiger partial charge in [0.05, 0.1) is 14.2 Å². The van der Waals surface area contributed by atoms with Gasteiger partial charge >= 0.3 is 0 Å². The van der Waals surface area contributed by atoms with Gasteiger partial charge in [0, 0.05) is 17.1 Å². The molecule has 0 aliphatic carbocycles. The van der Waals surface area contributed by atoms with Crippen molar-refractivity contribution in [1.82, 2.24) is 4.57 Å². The van der Waals surface area contributed by atoms with Crippen molar-refractivity contribution in [3.8, 4) is 11.5 Å². The SMILES string of the molecule is COc1ccc(OC)c2c1sc(=NC(=O)c1cccc(Br)c1)n2C. The molecule has 0 N–H and O–H groups in total. The van der Waals surface area contributed by atoms with Gasteiger partial charge < -0.3 is 14.0 Å². The molecule has 1 amide bonds. The fourth-order valence-corrected chi connectivity index (χ4v) is 3.93. The summed E-state index contributed by atoms with van der Waals surface area (Å²) in [4.78, 5) is 17.3. The van der Waals surface area contributed by atoms with E-state index in [9.17, 15) is 4.79 Å². The highest BCUT2D eigenvalue weighted by Crippen LogP contribution is 2.34. The average molecular weight is 407 g/mol. The first-order valence-electron chi connectivity index (χ1n) is 7.10. The van der Waals surface area contributed by atoms with Crippen LogP contribution in [-0.2, 0) is 7.05 Å². The molecule has 3 aromatic rings. The molecule has 0 aliphatic heterocycles. The molecule has 0 atom stereocenters. The number of hydrogen-bond acceptors (Lipinski definition) is 4. The van der Waals surface area contributed by atoms with Gasteiger partial charge in [0.1, 0.15) is 21.7 Å². The molecule has 0 bridgehead atoms. The second kappa shape index (κ2) is 6.78. The Bertz CT molecular complexity index is 991. The van der Waals surface area contributed by atoms with E-state index in [0.717, 1.165) is 20.4 Å². The molecule has 0 aliphatic rings. The predicted molar refractivity (Wildman–Crippen MR) is 97.9 cm³/mol. The first-order chi connectivity index (χ1) is 11.5. The van der Waals surface area contributed by atoms with Gasteiger partial charge in [-0.3, -0.25) is 4.79 Å². The Morgan fingerprint density at radius 3 is 2.54 bits per heavy atom. The topological polar surface area (TPSA) is 52.8 Å². The van der Waals surface area contributed by atoms with Crippen molar-refractivity contribution >= 4 is 43.4 Å². The Kier molecular flexibility index (Phi) is 4.73. The summed E-state index contributed by atoms with van der Waals surface area (Å²) in [7, 11) is 5.08. The maximum Gasteiger partial charge on any atom is 0.279 e. The van der Waals surface area contributed by atoms with Crippen LogP contribution >= 0.6 is 27.3 Å². The monoisotopic (exact) mass is 406 g/mol. The Morgan fingerprint density at radius 2 is 1.88 bits per heavy atom. The molecule has 0 saturated carbocycles. The normalized spacial score (nSPS) is 11.8.